The molecule has 0 radical (unpaired) electrons. The van der Waals surface area contributed by atoms with E-state index >= 15 is 0 Å². The van der Waals surface area contributed by atoms with Gasteiger partial charge in [-0.15, -0.1) is 15.0 Å². The molecule has 1 saturated heterocycles. The van der Waals surface area contributed by atoms with E-state index in [1.807, 2.05) is 25.1 Å². The van der Waals surface area contributed by atoms with Crippen LogP contribution in [0.3, 0.4) is 0 Å². The molecule has 0 bridgehead atoms. The minimum absolute atomic E-state index is 0.395. The molecule has 0 saturated carbocycles. The number of rotatable bonds is 2. The molecule has 0 unspecified atom stereocenters. The molecule has 3 rings (SSSR count). The van der Waals surface area contributed by atoms with Gasteiger partial charge in [-0.3, -0.25) is 0 Å². The molecule has 17 heavy (non-hydrogen) atoms. The van der Waals surface area contributed by atoms with Crippen LogP contribution in [-0.4, -0.2) is 33.3 Å². The molecular formula is C11H14N6. The van der Waals surface area contributed by atoms with E-state index in [0.717, 1.165) is 35.9 Å². The molecule has 88 valence electrons. The van der Waals surface area contributed by atoms with Gasteiger partial charge in [-0.1, -0.05) is 6.07 Å². The molecule has 1 aliphatic rings. The van der Waals surface area contributed by atoms with Crippen LogP contribution in [0.4, 0.5) is 5.69 Å². The average Bonchev–Trinajstić information content (AvgIpc) is 2.69. The largest absolute Gasteiger partial charge is 0.398 e. The van der Waals surface area contributed by atoms with Crippen molar-refractivity contribution >= 4 is 5.69 Å². The molecule has 6 nitrogen and oxygen atoms in total. The van der Waals surface area contributed by atoms with Crippen LogP contribution in [0.25, 0.3) is 5.69 Å². The lowest BCUT2D eigenvalue weighted by Gasteiger charge is -2.23. The maximum absolute atomic E-state index is 5.86. The van der Waals surface area contributed by atoms with Gasteiger partial charge in [0.15, 0.2) is 5.82 Å². The number of tetrazole rings is 1. The van der Waals surface area contributed by atoms with Gasteiger partial charge in [-0.25, -0.2) is 0 Å². The van der Waals surface area contributed by atoms with E-state index in [-0.39, 0.29) is 0 Å². The maximum atomic E-state index is 5.86. The Labute approximate surface area is 98.8 Å². The van der Waals surface area contributed by atoms with E-state index in [4.69, 9.17) is 5.73 Å². The first-order valence-electron chi connectivity index (χ1n) is 5.61. The number of nitrogens with zero attached hydrogens (tertiary/aromatic N) is 4. The Morgan fingerprint density at radius 2 is 2.24 bits per heavy atom. The van der Waals surface area contributed by atoms with Gasteiger partial charge in [-0.05, 0) is 29.8 Å². The van der Waals surface area contributed by atoms with Gasteiger partial charge in [0.25, 0.3) is 0 Å². The van der Waals surface area contributed by atoms with Gasteiger partial charge in [0.05, 0.1) is 5.69 Å². The summed E-state index contributed by atoms with van der Waals surface area (Å²) >= 11 is 0. The van der Waals surface area contributed by atoms with E-state index in [2.05, 4.69) is 20.7 Å². The molecule has 1 aromatic heterocycles. The zero-order valence-corrected chi connectivity index (χ0v) is 9.59. The van der Waals surface area contributed by atoms with E-state index in [9.17, 15) is 0 Å². The van der Waals surface area contributed by atoms with Crippen molar-refractivity contribution in [3.8, 4) is 5.69 Å². The second kappa shape index (κ2) is 3.81. The standard InChI is InChI=1S/C11H14N6/c1-7-2-3-9(4-10(7)12)17-15-11(14-16-17)8-5-13-6-8/h2-4,8,13H,5-6,12H2,1H3. The van der Waals surface area contributed by atoms with Gasteiger partial charge < -0.3 is 11.1 Å². The van der Waals surface area contributed by atoms with Gasteiger partial charge in [0, 0.05) is 24.7 Å². The van der Waals surface area contributed by atoms with E-state index in [0.29, 0.717) is 5.92 Å². The molecule has 0 atom stereocenters. The summed E-state index contributed by atoms with van der Waals surface area (Å²) < 4.78 is 0. The fourth-order valence-corrected chi connectivity index (χ4v) is 1.72. The second-order valence-corrected chi connectivity index (χ2v) is 4.33. The van der Waals surface area contributed by atoms with Crippen LogP contribution in [0, 0.1) is 6.92 Å². The third-order valence-electron chi connectivity index (χ3n) is 3.07. The van der Waals surface area contributed by atoms with E-state index < -0.39 is 0 Å². The minimum Gasteiger partial charge on any atom is -0.398 e. The highest BCUT2D eigenvalue weighted by molar-refractivity contribution is 5.52. The van der Waals surface area contributed by atoms with Crippen molar-refractivity contribution in [2.24, 2.45) is 0 Å². The fraction of sp³-hybridized carbons (Fsp3) is 0.364. The number of nitrogens with one attached hydrogen (secondary N) is 1. The third-order valence-corrected chi connectivity index (χ3v) is 3.07. The Hall–Kier alpha value is -1.95. The number of hydrogen-bond donors (Lipinski definition) is 2. The highest BCUT2D eigenvalue weighted by atomic mass is 15.6. The quantitative estimate of drug-likeness (QED) is 0.722. The first kappa shape index (κ1) is 10.2. The molecule has 0 aliphatic carbocycles. The van der Waals surface area contributed by atoms with Gasteiger partial charge in [0.2, 0.25) is 0 Å². The molecule has 2 heterocycles. The fourth-order valence-electron chi connectivity index (χ4n) is 1.72. The average molecular weight is 230 g/mol. The molecule has 2 aromatic rings. The van der Waals surface area contributed by atoms with Crippen LogP contribution in [-0.2, 0) is 0 Å². The lowest BCUT2D eigenvalue weighted by molar-refractivity contribution is 0.429. The highest BCUT2D eigenvalue weighted by Crippen LogP contribution is 2.17. The van der Waals surface area contributed by atoms with Gasteiger partial charge in [-0.2, -0.15) is 0 Å². The Morgan fingerprint density at radius 3 is 2.88 bits per heavy atom. The van der Waals surface area contributed by atoms with Crippen molar-refractivity contribution in [1.29, 1.82) is 0 Å². The van der Waals surface area contributed by atoms with Crippen molar-refractivity contribution in [3.05, 3.63) is 29.6 Å². The predicted molar refractivity (Wildman–Crippen MR) is 63.9 cm³/mol. The first-order chi connectivity index (χ1) is 8.24. The third kappa shape index (κ3) is 1.76. The summed E-state index contributed by atoms with van der Waals surface area (Å²) in [4.78, 5) is 1.53. The molecule has 0 spiro atoms. The Morgan fingerprint density at radius 1 is 1.41 bits per heavy atom. The molecule has 1 aromatic carbocycles. The lowest BCUT2D eigenvalue weighted by atomic mass is 10.0. The second-order valence-electron chi connectivity index (χ2n) is 4.33. The maximum Gasteiger partial charge on any atom is 0.180 e. The number of nitrogens with two attached hydrogens (primary N) is 1. The number of hydrogen-bond acceptors (Lipinski definition) is 5. The number of anilines is 1. The van der Waals surface area contributed by atoms with E-state index in [1.54, 1.807) is 0 Å². The number of aryl methyl sites for hydroxylation is 1. The van der Waals surface area contributed by atoms with Crippen LogP contribution in [0.15, 0.2) is 18.2 Å². The zero-order valence-electron chi connectivity index (χ0n) is 9.59. The molecule has 1 fully saturated rings. The van der Waals surface area contributed by atoms with Crippen molar-refractivity contribution in [3.63, 3.8) is 0 Å². The minimum atomic E-state index is 0.395. The number of aromatic nitrogens is 4. The first-order valence-corrected chi connectivity index (χ1v) is 5.61. The summed E-state index contributed by atoms with van der Waals surface area (Å²) in [6.45, 7) is 3.84. The molecule has 0 amide bonds. The Kier molecular flexibility index (Phi) is 2.29. The summed E-state index contributed by atoms with van der Waals surface area (Å²) in [5.74, 6) is 1.19. The number of benzene rings is 1. The summed E-state index contributed by atoms with van der Waals surface area (Å²) in [5, 5.41) is 15.7. The number of nitrogen functional groups attached to an aromatic ring is 1. The van der Waals surface area contributed by atoms with Crippen LogP contribution < -0.4 is 11.1 Å². The molecule has 1 aliphatic heterocycles. The van der Waals surface area contributed by atoms with Crippen LogP contribution in [0.2, 0.25) is 0 Å². The van der Waals surface area contributed by atoms with Crippen molar-refractivity contribution in [2.45, 2.75) is 12.8 Å². The van der Waals surface area contributed by atoms with Gasteiger partial charge >= 0.3 is 0 Å². The normalized spacial score (nSPS) is 15.8. The monoisotopic (exact) mass is 230 g/mol. The lowest BCUT2D eigenvalue weighted by Crippen LogP contribution is -2.40. The van der Waals surface area contributed by atoms with Gasteiger partial charge in [0.1, 0.15) is 0 Å². The molecule has 3 N–H and O–H groups in total. The Bertz CT molecular complexity index is 543. The topological polar surface area (TPSA) is 81.7 Å². The highest BCUT2D eigenvalue weighted by Gasteiger charge is 2.23. The zero-order chi connectivity index (χ0) is 11.8. The van der Waals surface area contributed by atoms with Crippen LogP contribution in [0.5, 0.6) is 0 Å². The van der Waals surface area contributed by atoms with Crippen LogP contribution in [0.1, 0.15) is 17.3 Å². The Balaban J connectivity index is 1.92. The molecular weight excluding hydrogens is 216 g/mol. The summed E-state index contributed by atoms with van der Waals surface area (Å²) in [7, 11) is 0. The van der Waals surface area contributed by atoms with Crippen molar-refractivity contribution in [2.75, 3.05) is 18.8 Å². The van der Waals surface area contributed by atoms with Crippen molar-refractivity contribution < 1.29 is 0 Å². The van der Waals surface area contributed by atoms with Crippen molar-refractivity contribution in [1.82, 2.24) is 25.5 Å². The SMILES string of the molecule is Cc1ccc(-n2nnc(C3CNC3)n2)cc1N. The smallest absolute Gasteiger partial charge is 0.180 e. The summed E-state index contributed by atoms with van der Waals surface area (Å²) in [6.07, 6.45) is 0. The van der Waals surface area contributed by atoms with Crippen LogP contribution >= 0.6 is 0 Å². The summed E-state index contributed by atoms with van der Waals surface area (Å²) in [5.41, 5.74) is 8.50. The summed E-state index contributed by atoms with van der Waals surface area (Å²) in [6, 6.07) is 5.76. The van der Waals surface area contributed by atoms with E-state index in [1.165, 1.54) is 4.80 Å². The predicted octanol–water partition coefficient (Wildman–Crippen LogP) is 0.240. The molecule has 6 heteroatoms.